The molecule has 0 aliphatic rings. The van der Waals surface area contributed by atoms with E-state index in [0.29, 0.717) is 0 Å². The molecular formula is C9H10FN. The molecule has 0 heterocycles. The molecule has 2 heteroatoms. The fourth-order valence-corrected chi connectivity index (χ4v) is 0.795. The van der Waals surface area contributed by atoms with Gasteiger partial charge < -0.3 is 5.32 Å². The molecule has 11 heavy (non-hydrogen) atoms. The predicted molar refractivity (Wildman–Crippen MR) is 44.5 cm³/mol. The van der Waals surface area contributed by atoms with Crippen molar-refractivity contribution in [1.82, 2.24) is 5.32 Å². The molecule has 1 nitrogen and oxygen atoms in total. The molecule has 58 valence electrons. The van der Waals surface area contributed by atoms with Gasteiger partial charge in [-0.25, -0.2) is 4.39 Å². The van der Waals surface area contributed by atoms with E-state index in [1.165, 1.54) is 12.1 Å². The zero-order chi connectivity index (χ0) is 8.27. The van der Waals surface area contributed by atoms with Crippen molar-refractivity contribution in [3.8, 4) is 0 Å². The SMILES string of the molecule is C=C(NC)c1ccc(F)cc1. The quantitative estimate of drug-likeness (QED) is 0.681. The number of nitrogens with one attached hydrogen (secondary N) is 1. The Bertz CT molecular complexity index is 251. The van der Waals surface area contributed by atoms with Gasteiger partial charge in [-0.1, -0.05) is 18.7 Å². The summed E-state index contributed by atoms with van der Waals surface area (Å²) >= 11 is 0. The number of hydrogen-bond acceptors (Lipinski definition) is 1. The van der Waals surface area contributed by atoms with Crippen LogP contribution >= 0.6 is 0 Å². The number of rotatable bonds is 2. The van der Waals surface area contributed by atoms with Crippen molar-refractivity contribution in [2.45, 2.75) is 0 Å². The van der Waals surface area contributed by atoms with Crippen LogP contribution in [0.1, 0.15) is 5.56 Å². The Kier molecular flexibility index (Phi) is 2.26. The van der Waals surface area contributed by atoms with E-state index in [1.807, 2.05) is 0 Å². The Morgan fingerprint density at radius 3 is 2.36 bits per heavy atom. The van der Waals surface area contributed by atoms with Crippen LogP contribution in [0.25, 0.3) is 5.70 Å². The maximum Gasteiger partial charge on any atom is 0.123 e. The van der Waals surface area contributed by atoms with Crippen LogP contribution in [0.15, 0.2) is 30.8 Å². The van der Waals surface area contributed by atoms with E-state index in [2.05, 4.69) is 11.9 Å². The molecule has 0 bridgehead atoms. The molecule has 0 amide bonds. The first-order valence-electron chi connectivity index (χ1n) is 3.36. The summed E-state index contributed by atoms with van der Waals surface area (Å²) in [5.74, 6) is -0.224. The Balaban J connectivity index is 2.90. The molecule has 1 aromatic carbocycles. The van der Waals surface area contributed by atoms with Gasteiger partial charge in [0.2, 0.25) is 0 Å². The van der Waals surface area contributed by atoms with Crippen molar-refractivity contribution in [3.63, 3.8) is 0 Å². The first-order chi connectivity index (χ1) is 5.24. The van der Waals surface area contributed by atoms with Crippen molar-refractivity contribution >= 4 is 5.70 Å². The molecule has 1 aromatic rings. The highest BCUT2D eigenvalue weighted by Crippen LogP contribution is 2.08. The second-order valence-electron chi connectivity index (χ2n) is 2.24. The van der Waals surface area contributed by atoms with Gasteiger partial charge in [0.1, 0.15) is 5.82 Å². The molecule has 0 atom stereocenters. The normalized spacial score (nSPS) is 9.27. The van der Waals surface area contributed by atoms with Gasteiger partial charge in [-0.2, -0.15) is 0 Å². The molecular weight excluding hydrogens is 141 g/mol. The summed E-state index contributed by atoms with van der Waals surface area (Å²) < 4.78 is 12.4. The van der Waals surface area contributed by atoms with Crippen molar-refractivity contribution < 1.29 is 4.39 Å². The van der Waals surface area contributed by atoms with E-state index in [4.69, 9.17) is 0 Å². The van der Waals surface area contributed by atoms with Gasteiger partial charge in [0, 0.05) is 12.7 Å². The highest BCUT2D eigenvalue weighted by atomic mass is 19.1. The lowest BCUT2D eigenvalue weighted by atomic mass is 10.2. The maximum atomic E-state index is 12.4. The molecule has 0 aliphatic heterocycles. The van der Waals surface area contributed by atoms with Crippen LogP contribution in [0.2, 0.25) is 0 Å². The van der Waals surface area contributed by atoms with Crippen LogP contribution in [-0.2, 0) is 0 Å². The van der Waals surface area contributed by atoms with Crippen molar-refractivity contribution in [1.29, 1.82) is 0 Å². The third-order valence-corrected chi connectivity index (χ3v) is 1.49. The van der Waals surface area contributed by atoms with Gasteiger partial charge in [0.05, 0.1) is 0 Å². The van der Waals surface area contributed by atoms with E-state index in [1.54, 1.807) is 19.2 Å². The lowest BCUT2D eigenvalue weighted by Crippen LogP contribution is -2.02. The van der Waals surface area contributed by atoms with Gasteiger partial charge in [0.15, 0.2) is 0 Å². The molecule has 0 aromatic heterocycles. The summed E-state index contributed by atoms with van der Waals surface area (Å²) in [6.45, 7) is 3.74. The average Bonchev–Trinajstić information content (AvgIpc) is 2.05. The molecule has 1 rings (SSSR count). The predicted octanol–water partition coefficient (Wildman–Crippen LogP) is 2.02. The van der Waals surface area contributed by atoms with E-state index in [9.17, 15) is 4.39 Å². The second-order valence-corrected chi connectivity index (χ2v) is 2.24. The van der Waals surface area contributed by atoms with Gasteiger partial charge in [0.25, 0.3) is 0 Å². The van der Waals surface area contributed by atoms with Gasteiger partial charge in [-0.3, -0.25) is 0 Å². The molecule has 0 aliphatic carbocycles. The summed E-state index contributed by atoms with van der Waals surface area (Å²) in [7, 11) is 1.78. The second kappa shape index (κ2) is 3.19. The van der Waals surface area contributed by atoms with Crippen LogP contribution in [0.5, 0.6) is 0 Å². The summed E-state index contributed by atoms with van der Waals surface area (Å²) in [6.07, 6.45) is 0. The molecule has 0 saturated heterocycles. The first kappa shape index (κ1) is 7.79. The van der Waals surface area contributed by atoms with Gasteiger partial charge in [-0.05, 0) is 17.7 Å². The number of hydrogen-bond donors (Lipinski definition) is 1. The summed E-state index contributed by atoms with van der Waals surface area (Å²) in [5.41, 5.74) is 1.71. The minimum Gasteiger partial charge on any atom is -0.388 e. The standard InChI is InChI=1S/C9H10FN/c1-7(11-2)8-3-5-9(10)6-4-8/h3-6,11H,1H2,2H3. The Labute approximate surface area is 65.6 Å². The van der Waals surface area contributed by atoms with Crippen LogP contribution in [-0.4, -0.2) is 7.05 Å². The molecule has 0 spiro atoms. The fourth-order valence-electron chi connectivity index (χ4n) is 0.795. The van der Waals surface area contributed by atoms with Crippen LogP contribution in [0, 0.1) is 5.82 Å². The fraction of sp³-hybridized carbons (Fsp3) is 0.111. The lowest BCUT2D eigenvalue weighted by Gasteiger charge is -2.03. The van der Waals surface area contributed by atoms with E-state index in [0.717, 1.165) is 11.3 Å². The highest BCUT2D eigenvalue weighted by Gasteiger charge is 1.94. The molecule has 0 unspecified atom stereocenters. The Morgan fingerprint density at radius 1 is 1.36 bits per heavy atom. The monoisotopic (exact) mass is 151 g/mol. The number of benzene rings is 1. The maximum absolute atomic E-state index is 12.4. The molecule has 0 radical (unpaired) electrons. The third kappa shape index (κ3) is 1.80. The summed E-state index contributed by atoms with van der Waals surface area (Å²) in [4.78, 5) is 0. The first-order valence-corrected chi connectivity index (χ1v) is 3.36. The van der Waals surface area contributed by atoms with Crippen LogP contribution < -0.4 is 5.32 Å². The van der Waals surface area contributed by atoms with E-state index < -0.39 is 0 Å². The van der Waals surface area contributed by atoms with Crippen molar-refractivity contribution in [3.05, 3.63) is 42.2 Å². The highest BCUT2D eigenvalue weighted by molar-refractivity contribution is 5.60. The zero-order valence-corrected chi connectivity index (χ0v) is 6.39. The molecule has 0 fully saturated rings. The molecule has 1 N–H and O–H groups in total. The summed E-state index contributed by atoms with van der Waals surface area (Å²) in [5, 5.41) is 2.88. The summed E-state index contributed by atoms with van der Waals surface area (Å²) in [6, 6.07) is 6.21. The van der Waals surface area contributed by atoms with E-state index >= 15 is 0 Å². The van der Waals surface area contributed by atoms with Gasteiger partial charge >= 0.3 is 0 Å². The smallest absolute Gasteiger partial charge is 0.123 e. The van der Waals surface area contributed by atoms with E-state index in [-0.39, 0.29) is 5.82 Å². The van der Waals surface area contributed by atoms with Gasteiger partial charge in [-0.15, -0.1) is 0 Å². The Hall–Kier alpha value is -1.31. The zero-order valence-electron chi connectivity index (χ0n) is 6.39. The van der Waals surface area contributed by atoms with Crippen molar-refractivity contribution in [2.24, 2.45) is 0 Å². The lowest BCUT2D eigenvalue weighted by molar-refractivity contribution is 0.627. The average molecular weight is 151 g/mol. The minimum absolute atomic E-state index is 0.224. The van der Waals surface area contributed by atoms with Crippen LogP contribution in [0.3, 0.4) is 0 Å². The Morgan fingerprint density at radius 2 is 1.91 bits per heavy atom. The third-order valence-electron chi connectivity index (χ3n) is 1.49. The molecule has 0 saturated carbocycles. The van der Waals surface area contributed by atoms with Crippen LogP contribution in [0.4, 0.5) is 4.39 Å². The van der Waals surface area contributed by atoms with Crippen molar-refractivity contribution in [2.75, 3.05) is 7.05 Å². The topological polar surface area (TPSA) is 12.0 Å². The number of halogens is 1. The minimum atomic E-state index is -0.224. The largest absolute Gasteiger partial charge is 0.388 e.